The summed E-state index contributed by atoms with van der Waals surface area (Å²) in [6.07, 6.45) is 4.97. The lowest BCUT2D eigenvalue weighted by atomic mass is 10.1. The summed E-state index contributed by atoms with van der Waals surface area (Å²) >= 11 is 0. The summed E-state index contributed by atoms with van der Waals surface area (Å²) in [6, 6.07) is 6.08. The Morgan fingerprint density at radius 3 is 2.33 bits per heavy atom. The van der Waals surface area contributed by atoms with Crippen LogP contribution >= 0.6 is 15.6 Å². The Morgan fingerprint density at radius 1 is 1.11 bits per heavy atom. The van der Waals surface area contributed by atoms with Crippen molar-refractivity contribution in [2.75, 3.05) is 18.5 Å². The Bertz CT molecular complexity index is 759. The number of phosphoric ester groups is 1. The standard InChI is InChI=1S/C16H24FNO7P2/c1-13(10-11-24-27(22,23)25-26(19,20)21)4-3-5-14(2)12-18-16-8-6-15(17)7-9-16/h5-10,18H,3-4,11-12H2,1-2H3,(H,22,23)(H2,19,20,21)/b13-10+,14-5+. The molecule has 8 nitrogen and oxygen atoms in total. The van der Waals surface area contributed by atoms with E-state index in [9.17, 15) is 13.5 Å². The van der Waals surface area contributed by atoms with Crippen molar-refractivity contribution in [2.24, 2.45) is 0 Å². The molecule has 0 heterocycles. The summed E-state index contributed by atoms with van der Waals surface area (Å²) in [5.41, 5.74) is 2.79. The molecule has 0 aliphatic rings. The van der Waals surface area contributed by atoms with Gasteiger partial charge < -0.3 is 20.0 Å². The zero-order valence-electron chi connectivity index (χ0n) is 15.0. The fraction of sp³-hybridized carbons (Fsp3) is 0.375. The summed E-state index contributed by atoms with van der Waals surface area (Å²) < 4.78 is 42.8. The smallest absolute Gasteiger partial charge is 0.381 e. The van der Waals surface area contributed by atoms with Crippen molar-refractivity contribution >= 4 is 21.3 Å². The monoisotopic (exact) mass is 423 g/mol. The third-order valence-electron chi connectivity index (χ3n) is 3.33. The summed E-state index contributed by atoms with van der Waals surface area (Å²) in [5.74, 6) is -0.287. The topological polar surface area (TPSA) is 125 Å². The van der Waals surface area contributed by atoms with E-state index in [0.29, 0.717) is 13.0 Å². The third kappa shape index (κ3) is 11.9. The van der Waals surface area contributed by atoms with Crippen LogP contribution in [0.3, 0.4) is 0 Å². The van der Waals surface area contributed by atoms with Crippen LogP contribution in [-0.2, 0) is 18.0 Å². The number of anilines is 1. The van der Waals surface area contributed by atoms with Crippen LogP contribution in [0.15, 0.2) is 47.6 Å². The highest BCUT2D eigenvalue weighted by molar-refractivity contribution is 7.60. The Kier molecular flexibility index (Phi) is 9.56. The molecule has 0 aromatic heterocycles. The summed E-state index contributed by atoms with van der Waals surface area (Å²) in [7, 11) is -9.91. The van der Waals surface area contributed by atoms with E-state index in [1.165, 1.54) is 18.2 Å². The molecule has 0 aliphatic heterocycles. The van der Waals surface area contributed by atoms with Crippen molar-refractivity contribution < 1.29 is 37.0 Å². The highest BCUT2D eigenvalue weighted by Crippen LogP contribution is 2.57. The Morgan fingerprint density at radius 2 is 1.74 bits per heavy atom. The normalized spacial score (nSPS) is 15.5. The van der Waals surface area contributed by atoms with Crippen molar-refractivity contribution in [2.45, 2.75) is 26.7 Å². The lowest BCUT2D eigenvalue weighted by Gasteiger charge is -2.11. The molecular weight excluding hydrogens is 399 g/mol. The van der Waals surface area contributed by atoms with E-state index in [4.69, 9.17) is 14.7 Å². The molecule has 152 valence electrons. The first-order chi connectivity index (χ1) is 12.5. The number of halogens is 1. The minimum atomic E-state index is -5.10. The molecule has 0 amide bonds. The molecule has 1 unspecified atom stereocenters. The summed E-state index contributed by atoms with van der Waals surface area (Å²) in [5, 5.41) is 3.17. The minimum Gasteiger partial charge on any atom is -0.381 e. The first-order valence-electron chi connectivity index (χ1n) is 8.02. The molecule has 0 aliphatic carbocycles. The van der Waals surface area contributed by atoms with Crippen LogP contribution in [-0.4, -0.2) is 27.8 Å². The second-order valence-corrected chi connectivity index (χ2v) is 8.67. The van der Waals surface area contributed by atoms with Gasteiger partial charge in [0.2, 0.25) is 0 Å². The first-order valence-corrected chi connectivity index (χ1v) is 11.0. The maximum atomic E-state index is 12.8. The molecule has 0 spiro atoms. The SMILES string of the molecule is C/C(=C\COP(=O)(O)OP(=O)(O)O)CC/C=C(\C)CNc1ccc(F)cc1. The number of phosphoric acid groups is 2. The van der Waals surface area contributed by atoms with Gasteiger partial charge in [0.05, 0.1) is 6.61 Å². The second kappa shape index (κ2) is 10.9. The molecule has 11 heteroatoms. The van der Waals surface area contributed by atoms with Gasteiger partial charge in [-0.25, -0.2) is 13.5 Å². The fourth-order valence-corrected chi connectivity index (χ4v) is 3.49. The number of rotatable bonds is 11. The van der Waals surface area contributed by atoms with Crippen LogP contribution in [0.5, 0.6) is 0 Å². The quantitative estimate of drug-likeness (QED) is 0.309. The average molecular weight is 423 g/mol. The van der Waals surface area contributed by atoms with Gasteiger partial charge in [-0.15, -0.1) is 0 Å². The van der Waals surface area contributed by atoms with E-state index < -0.39 is 15.6 Å². The predicted molar refractivity (Wildman–Crippen MR) is 101 cm³/mol. The van der Waals surface area contributed by atoms with Gasteiger partial charge in [0.25, 0.3) is 0 Å². The van der Waals surface area contributed by atoms with Crippen LogP contribution in [0.2, 0.25) is 0 Å². The van der Waals surface area contributed by atoms with Crippen LogP contribution in [0.25, 0.3) is 0 Å². The molecule has 27 heavy (non-hydrogen) atoms. The molecule has 4 N–H and O–H groups in total. The summed E-state index contributed by atoms with van der Waals surface area (Å²) in [4.78, 5) is 26.1. The predicted octanol–water partition coefficient (Wildman–Crippen LogP) is 4.14. The zero-order valence-corrected chi connectivity index (χ0v) is 16.8. The van der Waals surface area contributed by atoms with Gasteiger partial charge in [0, 0.05) is 12.2 Å². The number of allylic oxidation sites excluding steroid dienone is 2. The van der Waals surface area contributed by atoms with E-state index in [1.807, 2.05) is 13.0 Å². The molecule has 1 atom stereocenters. The average Bonchev–Trinajstić information content (AvgIpc) is 2.52. The number of hydrogen-bond donors (Lipinski definition) is 4. The van der Waals surface area contributed by atoms with E-state index >= 15 is 0 Å². The van der Waals surface area contributed by atoms with Crippen molar-refractivity contribution in [3.05, 3.63) is 53.4 Å². The van der Waals surface area contributed by atoms with Gasteiger partial charge in [0.15, 0.2) is 0 Å². The van der Waals surface area contributed by atoms with Gasteiger partial charge >= 0.3 is 15.6 Å². The molecule has 0 fully saturated rings. The molecule has 1 aromatic rings. The highest BCUT2D eigenvalue weighted by atomic mass is 31.3. The number of benzene rings is 1. The molecule has 0 saturated heterocycles. The van der Waals surface area contributed by atoms with Crippen molar-refractivity contribution in [3.8, 4) is 0 Å². The van der Waals surface area contributed by atoms with E-state index in [2.05, 4.69) is 14.2 Å². The number of hydrogen-bond acceptors (Lipinski definition) is 5. The van der Waals surface area contributed by atoms with Gasteiger partial charge in [0.1, 0.15) is 5.82 Å². The maximum absolute atomic E-state index is 12.8. The first kappa shape index (κ1) is 23.7. The Labute approximate surface area is 157 Å². The zero-order chi connectivity index (χ0) is 20.5. The molecule has 1 aromatic carbocycles. The van der Waals surface area contributed by atoms with Crippen molar-refractivity contribution in [1.82, 2.24) is 0 Å². The lowest BCUT2D eigenvalue weighted by molar-refractivity contribution is 0.191. The van der Waals surface area contributed by atoms with Crippen LogP contribution in [0, 0.1) is 5.82 Å². The van der Waals surface area contributed by atoms with Gasteiger partial charge in [-0.3, -0.25) is 4.52 Å². The van der Waals surface area contributed by atoms with Crippen molar-refractivity contribution in [1.29, 1.82) is 0 Å². The molecule has 0 bridgehead atoms. The van der Waals surface area contributed by atoms with Crippen molar-refractivity contribution in [3.63, 3.8) is 0 Å². The molecule has 0 radical (unpaired) electrons. The fourth-order valence-electron chi connectivity index (χ4n) is 1.96. The Balaban J connectivity index is 2.33. The Hall–Kier alpha value is -1.31. The van der Waals surface area contributed by atoms with Crippen LogP contribution in [0.4, 0.5) is 10.1 Å². The minimum absolute atomic E-state index is 0.287. The second-order valence-electron chi connectivity index (χ2n) is 5.84. The van der Waals surface area contributed by atoms with E-state index in [1.54, 1.807) is 19.1 Å². The van der Waals surface area contributed by atoms with Gasteiger partial charge in [-0.1, -0.05) is 23.3 Å². The summed E-state index contributed by atoms with van der Waals surface area (Å²) in [6.45, 7) is 4.06. The van der Waals surface area contributed by atoms with Gasteiger partial charge in [-0.05, 0) is 51.0 Å². The number of nitrogens with one attached hydrogen (secondary N) is 1. The van der Waals surface area contributed by atoms with Crippen LogP contribution < -0.4 is 5.32 Å². The van der Waals surface area contributed by atoms with E-state index in [0.717, 1.165) is 23.3 Å². The molecule has 0 saturated carbocycles. The molecule has 1 rings (SSSR count). The maximum Gasteiger partial charge on any atom is 0.481 e. The van der Waals surface area contributed by atoms with Crippen LogP contribution in [0.1, 0.15) is 26.7 Å². The lowest BCUT2D eigenvalue weighted by Crippen LogP contribution is -2.02. The van der Waals surface area contributed by atoms with E-state index in [-0.39, 0.29) is 12.4 Å². The molecular formula is C16H24FNO7P2. The highest BCUT2D eigenvalue weighted by Gasteiger charge is 2.31. The third-order valence-corrected chi connectivity index (χ3v) is 5.48. The largest absolute Gasteiger partial charge is 0.481 e. The van der Waals surface area contributed by atoms with Gasteiger partial charge in [-0.2, -0.15) is 4.31 Å².